The third kappa shape index (κ3) is 3.34. The van der Waals surface area contributed by atoms with Gasteiger partial charge in [-0.3, -0.25) is 4.79 Å². The lowest BCUT2D eigenvalue weighted by atomic mass is 10.0. The standard InChI is InChI=1S/C19H17N3OS3/c1-10-4-5-11(2)12(8-10)9-15(23)22-18-20-13-6-7-14-17(16(13)25-18)26-19(21-14)24-3/h4-8H,9H2,1-3H3,(H,20,22,23). The van der Waals surface area contributed by atoms with Crippen molar-refractivity contribution in [1.82, 2.24) is 9.97 Å². The number of anilines is 1. The topological polar surface area (TPSA) is 54.9 Å². The maximum absolute atomic E-state index is 12.5. The summed E-state index contributed by atoms with van der Waals surface area (Å²) in [7, 11) is 0. The summed E-state index contributed by atoms with van der Waals surface area (Å²) in [5.74, 6) is -0.0388. The number of benzene rings is 2. The predicted molar refractivity (Wildman–Crippen MR) is 113 cm³/mol. The number of thioether (sulfide) groups is 1. The number of carbonyl (C=O) groups excluding carboxylic acids is 1. The van der Waals surface area contributed by atoms with Gasteiger partial charge >= 0.3 is 0 Å². The monoisotopic (exact) mass is 399 g/mol. The first-order valence-electron chi connectivity index (χ1n) is 8.13. The first-order valence-corrected chi connectivity index (χ1v) is 11.0. The van der Waals surface area contributed by atoms with Crippen molar-refractivity contribution in [2.75, 3.05) is 11.6 Å². The molecule has 0 spiro atoms. The van der Waals surface area contributed by atoms with Crippen LogP contribution in [-0.4, -0.2) is 22.1 Å². The van der Waals surface area contributed by atoms with E-state index in [9.17, 15) is 4.79 Å². The van der Waals surface area contributed by atoms with Crippen LogP contribution < -0.4 is 5.32 Å². The third-order valence-electron chi connectivity index (χ3n) is 4.17. The van der Waals surface area contributed by atoms with Crippen LogP contribution in [0.4, 0.5) is 5.13 Å². The first-order chi connectivity index (χ1) is 12.5. The largest absolute Gasteiger partial charge is 0.302 e. The zero-order valence-corrected chi connectivity index (χ0v) is 17.1. The average Bonchev–Trinajstić information content (AvgIpc) is 3.20. The Labute approximate surface area is 163 Å². The highest BCUT2D eigenvalue weighted by Gasteiger charge is 2.14. The van der Waals surface area contributed by atoms with Crippen LogP contribution in [-0.2, 0) is 11.2 Å². The minimum atomic E-state index is -0.0388. The molecule has 0 aliphatic heterocycles. The number of aromatic nitrogens is 2. The van der Waals surface area contributed by atoms with E-state index in [-0.39, 0.29) is 5.91 Å². The fourth-order valence-electron chi connectivity index (χ4n) is 2.82. The summed E-state index contributed by atoms with van der Waals surface area (Å²) >= 11 is 4.84. The summed E-state index contributed by atoms with van der Waals surface area (Å²) in [6, 6.07) is 10.2. The summed E-state index contributed by atoms with van der Waals surface area (Å²) in [5.41, 5.74) is 5.24. The average molecular weight is 400 g/mol. The SMILES string of the molecule is CSc1nc2ccc3nc(NC(=O)Cc4cc(C)ccc4C)sc3c2s1. The van der Waals surface area contributed by atoms with E-state index in [4.69, 9.17) is 0 Å². The van der Waals surface area contributed by atoms with Gasteiger partial charge in [0.15, 0.2) is 9.47 Å². The number of hydrogen-bond acceptors (Lipinski definition) is 6. The molecule has 0 fully saturated rings. The lowest BCUT2D eigenvalue weighted by Crippen LogP contribution is -2.14. The summed E-state index contributed by atoms with van der Waals surface area (Å²) in [6.45, 7) is 4.07. The van der Waals surface area contributed by atoms with Crippen molar-refractivity contribution in [2.45, 2.75) is 24.6 Å². The maximum atomic E-state index is 12.5. The number of nitrogens with one attached hydrogen (secondary N) is 1. The highest BCUT2D eigenvalue weighted by molar-refractivity contribution is 8.00. The number of aryl methyl sites for hydroxylation is 2. The van der Waals surface area contributed by atoms with Gasteiger partial charge in [0.25, 0.3) is 0 Å². The number of fused-ring (bicyclic) bond motifs is 3. The third-order valence-corrected chi connectivity index (χ3v) is 7.38. The van der Waals surface area contributed by atoms with Crippen molar-refractivity contribution in [2.24, 2.45) is 0 Å². The van der Waals surface area contributed by atoms with Gasteiger partial charge in [0.1, 0.15) is 0 Å². The van der Waals surface area contributed by atoms with Crippen LogP contribution in [0.1, 0.15) is 16.7 Å². The summed E-state index contributed by atoms with van der Waals surface area (Å²) < 4.78 is 3.27. The minimum Gasteiger partial charge on any atom is -0.302 e. The first kappa shape index (κ1) is 17.5. The number of nitrogens with zero attached hydrogens (tertiary/aromatic N) is 2. The molecule has 7 heteroatoms. The van der Waals surface area contributed by atoms with Crippen molar-refractivity contribution in [3.63, 3.8) is 0 Å². The zero-order valence-electron chi connectivity index (χ0n) is 14.6. The molecule has 4 aromatic rings. The van der Waals surface area contributed by atoms with Crippen molar-refractivity contribution in [3.8, 4) is 0 Å². The van der Waals surface area contributed by atoms with Gasteiger partial charge in [0, 0.05) is 0 Å². The van der Waals surface area contributed by atoms with Crippen LogP contribution in [0, 0.1) is 13.8 Å². The van der Waals surface area contributed by atoms with E-state index in [2.05, 4.69) is 33.5 Å². The second-order valence-electron chi connectivity index (χ2n) is 6.12. The number of amides is 1. The lowest BCUT2D eigenvalue weighted by molar-refractivity contribution is -0.115. The Hall–Kier alpha value is -1.96. The highest BCUT2D eigenvalue weighted by Crippen LogP contribution is 2.38. The van der Waals surface area contributed by atoms with E-state index in [1.54, 1.807) is 23.1 Å². The smallest absolute Gasteiger partial charge is 0.230 e. The molecule has 1 amide bonds. The molecule has 0 unspecified atom stereocenters. The summed E-state index contributed by atoms with van der Waals surface area (Å²) in [5, 5.41) is 3.60. The van der Waals surface area contributed by atoms with E-state index in [0.29, 0.717) is 11.6 Å². The zero-order chi connectivity index (χ0) is 18.3. The molecule has 4 rings (SSSR count). The molecule has 0 saturated carbocycles. The quantitative estimate of drug-likeness (QED) is 0.465. The van der Waals surface area contributed by atoms with Gasteiger partial charge in [-0.05, 0) is 43.4 Å². The van der Waals surface area contributed by atoms with Gasteiger partial charge in [-0.1, -0.05) is 46.9 Å². The highest BCUT2D eigenvalue weighted by atomic mass is 32.2. The molecule has 0 radical (unpaired) electrons. The molecule has 0 atom stereocenters. The fraction of sp³-hybridized carbons (Fsp3) is 0.211. The number of hydrogen-bond donors (Lipinski definition) is 1. The Morgan fingerprint density at radius 1 is 1.08 bits per heavy atom. The lowest BCUT2D eigenvalue weighted by Gasteiger charge is -2.06. The van der Waals surface area contributed by atoms with Crippen LogP contribution in [0.15, 0.2) is 34.7 Å². The molecule has 2 heterocycles. The molecule has 2 aromatic heterocycles. The molecule has 1 N–H and O–H groups in total. The van der Waals surface area contributed by atoms with E-state index in [0.717, 1.165) is 41.5 Å². The van der Waals surface area contributed by atoms with E-state index >= 15 is 0 Å². The van der Waals surface area contributed by atoms with Crippen LogP contribution in [0.25, 0.3) is 20.4 Å². The van der Waals surface area contributed by atoms with Crippen molar-refractivity contribution >= 4 is 65.9 Å². The molecular weight excluding hydrogens is 382 g/mol. The maximum Gasteiger partial charge on any atom is 0.230 e. The van der Waals surface area contributed by atoms with Crippen molar-refractivity contribution in [1.29, 1.82) is 0 Å². The van der Waals surface area contributed by atoms with Gasteiger partial charge in [-0.15, -0.1) is 11.3 Å². The molecule has 4 nitrogen and oxygen atoms in total. The molecule has 26 heavy (non-hydrogen) atoms. The van der Waals surface area contributed by atoms with Crippen LogP contribution >= 0.6 is 34.4 Å². The Morgan fingerprint density at radius 3 is 2.58 bits per heavy atom. The van der Waals surface area contributed by atoms with Gasteiger partial charge < -0.3 is 5.32 Å². The molecule has 0 aliphatic carbocycles. The predicted octanol–water partition coefficient (Wildman–Crippen LogP) is 5.43. The fourth-order valence-corrected chi connectivity index (χ4v) is 5.50. The Balaban J connectivity index is 1.60. The van der Waals surface area contributed by atoms with E-state index in [1.807, 2.05) is 32.2 Å². The summed E-state index contributed by atoms with van der Waals surface area (Å²) in [6.07, 6.45) is 2.39. The number of rotatable bonds is 4. The Kier molecular flexibility index (Phi) is 4.69. The molecule has 2 aromatic carbocycles. The van der Waals surface area contributed by atoms with Gasteiger partial charge in [0.2, 0.25) is 5.91 Å². The Morgan fingerprint density at radius 2 is 1.81 bits per heavy atom. The molecule has 132 valence electrons. The van der Waals surface area contributed by atoms with Crippen LogP contribution in [0.3, 0.4) is 0 Å². The molecule has 0 aliphatic rings. The van der Waals surface area contributed by atoms with E-state index in [1.165, 1.54) is 11.3 Å². The number of thiazole rings is 2. The summed E-state index contributed by atoms with van der Waals surface area (Å²) in [4.78, 5) is 21.7. The van der Waals surface area contributed by atoms with Gasteiger partial charge in [-0.2, -0.15) is 0 Å². The van der Waals surface area contributed by atoms with Crippen molar-refractivity contribution < 1.29 is 4.79 Å². The second-order valence-corrected chi connectivity index (χ2v) is 9.17. The van der Waals surface area contributed by atoms with Crippen LogP contribution in [0.2, 0.25) is 0 Å². The molecular formula is C19H17N3OS3. The van der Waals surface area contributed by atoms with Gasteiger partial charge in [-0.25, -0.2) is 9.97 Å². The molecule has 0 saturated heterocycles. The molecule has 0 bridgehead atoms. The van der Waals surface area contributed by atoms with E-state index < -0.39 is 0 Å². The van der Waals surface area contributed by atoms with Gasteiger partial charge in [0.05, 0.1) is 26.9 Å². The normalized spacial score (nSPS) is 11.3. The minimum absolute atomic E-state index is 0.0388. The van der Waals surface area contributed by atoms with Crippen molar-refractivity contribution in [3.05, 3.63) is 47.0 Å². The Bertz CT molecular complexity index is 1130. The van der Waals surface area contributed by atoms with Crippen LogP contribution in [0.5, 0.6) is 0 Å². The number of carbonyl (C=O) groups is 1. The second kappa shape index (κ2) is 6.98.